The first-order valence-corrected chi connectivity index (χ1v) is 13.4. The third kappa shape index (κ3) is 5.37. The van der Waals surface area contributed by atoms with Gasteiger partial charge in [0, 0.05) is 42.2 Å². The number of piperazine rings is 1. The molecule has 14 heteroatoms. The topological polar surface area (TPSA) is 120 Å². The average molecular weight is 590 g/mol. The van der Waals surface area contributed by atoms with Crippen molar-refractivity contribution in [2.45, 2.75) is 19.1 Å². The van der Waals surface area contributed by atoms with E-state index < -0.39 is 29.8 Å². The Kier molecular flexibility index (Phi) is 7.72. The number of aromatic nitrogens is 3. The molecule has 1 atom stereocenters. The normalized spacial score (nSPS) is 15.3. The number of carbonyl (C=O) groups is 2. The van der Waals surface area contributed by atoms with E-state index >= 15 is 0 Å². The molecule has 1 aliphatic rings. The molecule has 0 unspecified atom stereocenters. The molecule has 0 radical (unpaired) electrons. The zero-order valence-corrected chi connectivity index (χ0v) is 22.9. The van der Waals surface area contributed by atoms with Crippen molar-refractivity contribution in [1.82, 2.24) is 24.4 Å². The van der Waals surface area contributed by atoms with Gasteiger partial charge in [-0.05, 0) is 43.3 Å². The minimum Gasteiger partial charge on any atom is -0.497 e. The Balaban J connectivity index is 1.43. The zero-order chi connectivity index (χ0) is 29.5. The van der Waals surface area contributed by atoms with Crippen LogP contribution in [0.2, 0.25) is 0 Å². The number of nitrogens with zero attached hydrogens (tertiary/aromatic N) is 5. The molecule has 4 aromatic rings. The lowest BCUT2D eigenvalue weighted by Gasteiger charge is -2.38. The van der Waals surface area contributed by atoms with E-state index in [2.05, 4.69) is 10.1 Å². The van der Waals surface area contributed by atoms with Gasteiger partial charge in [-0.25, -0.2) is 14.3 Å². The van der Waals surface area contributed by atoms with Crippen molar-refractivity contribution >= 4 is 28.9 Å². The number of carboxylic acids is 1. The molecule has 1 aromatic carbocycles. The number of thiophene rings is 1. The van der Waals surface area contributed by atoms with Crippen LogP contribution < -0.4 is 4.74 Å². The minimum atomic E-state index is -4.76. The summed E-state index contributed by atoms with van der Waals surface area (Å²) in [5.74, 6) is -1.02. The quantitative estimate of drug-likeness (QED) is 0.332. The van der Waals surface area contributed by atoms with Gasteiger partial charge in [-0.15, -0.1) is 11.3 Å². The fourth-order valence-electron chi connectivity index (χ4n) is 5.03. The number of hydrogen-bond acceptors (Lipinski definition) is 8. The molecular formula is C27H26F3N5O5S. The van der Waals surface area contributed by atoms with Gasteiger partial charge in [-0.2, -0.15) is 18.3 Å². The molecule has 0 bridgehead atoms. The lowest BCUT2D eigenvalue weighted by atomic mass is 10.0. The maximum Gasteiger partial charge on any atom is 0.433 e. The third-order valence-corrected chi connectivity index (χ3v) is 8.30. The van der Waals surface area contributed by atoms with Crippen molar-refractivity contribution in [2.24, 2.45) is 0 Å². The zero-order valence-electron chi connectivity index (χ0n) is 22.1. The fraction of sp³-hybridized carbons (Fsp3) is 0.333. The summed E-state index contributed by atoms with van der Waals surface area (Å²) in [6.45, 7) is 2.31. The van der Waals surface area contributed by atoms with Crippen LogP contribution in [0.25, 0.3) is 16.9 Å². The minimum absolute atomic E-state index is 0.0539. The molecule has 10 nitrogen and oxygen atoms in total. The largest absolute Gasteiger partial charge is 0.497 e. The number of carbonyl (C=O) groups excluding carboxylic acids is 1. The monoisotopic (exact) mass is 589 g/mol. The molecule has 216 valence electrons. The van der Waals surface area contributed by atoms with E-state index in [1.165, 1.54) is 25.0 Å². The maximum atomic E-state index is 14.2. The van der Waals surface area contributed by atoms with Gasteiger partial charge in [-0.3, -0.25) is 9.69 Å². The molecule has 1 saturated heterocycles. The smallest absolute Gasteiger partial charge is 0.433 e. The first kappa shape index (κ1) is 28.5. The SMILES string of the molecule is COc1ccc(-c2nc3c(C(=O)N4CCN([C@@H](CO)c5ccc(C(=O)O)s5)CC4)cnn3c(C(F)(F)F)c2C)cc1. The molecule has 1 amide bonds. The number of aliphatic hydroxyl groups is 1. The van der Waals surface area contributed by atoms with E-state index in [1.807, 2.05) is 4.90 Å². The number of benzene rings is 1. The second-order valence-electron chi connectivity index (χ2n) is 9.49. The molecule has 3 aromatic heterocycles. The number of fused-ring (bicyclic) bond motifs is 1. The molecule has 0 aliphatic carbocycles. The third-order valence-electron chi connectivity index (χ3n) is 7.13. The summed E-state index contributed by atoms with van der Waals surface area (Å²) in [6, 6.07) is 9.16. The number of carboxylic acid groups (broad SMARTS) is 1. The van der Waals surface area contributed by atoms with Crippen molar-refractivity contribution in [3.63, 3.8) is 0 Å². The Morgan fingerprint density at radius 1 is 1.10 bits per heavy atom. The summed E-state index contributed by atoms with van der Waals surface area (Å²) < 4.78 is 48.5. The van der Waals surface area contributed by atoms with Gasteiger partial charge < -0.3 is 19.8 Å². The van der Waals surface area contributed by atoms with Crippen LogP contribution in [0, 0.1) is 6.92 Å². The van der Waals surface area contributed by atoms with Gasteiger partial charge in [0.1, 0.15) is 16.2 Å². The van der Waals surface area contributed by atoms with Gasteiger partial charge >= 0.3 is 12.1 Å². The molecular weight excluding hydrogens is 563 g/mol. The van der Waals surface area contributed by atoms with E-state index in [9.17, 15) is 33.0 Å². The van der Waals surface area contributed by atoms with Crippen molar-refractivity contribution in [3.8, 4) is 17.0 Å². The number of alkyl halides is 3. The first-order chi connectivity index (χ1) is 19.5. The Bertz CT molecular complexity index is 1590. The fourth-order valence-corrected chi connectivity index (χ4v) is 6.00. The number of rotatable bonds is 7. The van der Waals surface area contributed by atoms with Crippen LogP contribution in [0.4, 0.5) is 13.2 Å². The van der Waals surface area contributed by atoms with Crippen LogP contribution in [0.5, 0.6) is 5.75 Å². The van der Waals surface area contributed by atoms with Crippen molar-refractivity contribution in [1.29, 1.82) is 0 Å². The van der Waals surface area contributed by atoms with E-state index in [0.29, 0.717) is 33.8 Å². The van der Waals surface area contributed by atoms with Crippen LogP contribution in [0.3, 0.4) is 0 Å². The van der Waals surface area contributed by atoms with E-state index in [0.717, 1.165) is 17.5 Å². The highest BCUT2D eigenvalue weighted by Crippen LogP contribution is 2.37. The summed E-state index contributed by atoms with van der Waals surface area (Å²) in [5, 5.41) is 23.1. The Hall–Kier alpha value is -4.01. The van der Waals surface area contributed by atoms with Crippen LogP contribution in [-0.4, -0.2) is 86.4 Å². The second-order valence-corrected chi connectivity index (χ2v) is 10.6. The van der Waals surface area contributed by atoms with Crippen LogP contribution in [0.15, 0.2) is 42.6 Å². The standard InChI is InChI=1S/C27H26F3N5O5S/c1-15-22(16-3-5-17(40-2)6-4-16)32-24-18(13-31-35(24)23(15)27(28,29)30)25(37)34-11-9-33(10-12-34)19(14-36)20-7-8-21(41-20)26(38)39/h3-8,13,19,36H,9-12,14H2,1-2H3,(H,38,39)/t19-/m0/s1. The predicted octanol–water partition coefficient (Wildman–Crippen LogP) is 3.98. The molecule has 2 N–H and O–H groups in total. The average Bonchev–Trinajstić information content (AvgIpc) is 3.60. The lowest BCUT2D eigenvalue weighted by molar-refractivity contribution is -0.143. The highest BCUT2D eigenvalue weighted by Gasteiger charge is 2.39. The Morgan fingerprint density at radius 3 is 2.34 bits per heavy atom. The first-order valence-electron chi connectivity index (χ1n) is 12.6. The summed E-state index contributed by atoms with van der Waals surface area (Å²) in [4.78, 5) is 33.6. The maximum absolute atomic E-state index is 14.2. The van der Waals surface area contributed by atoms with Crippen LogP contribution in [-0.2, 0) is 6.18 Å². The highest BCUT2D eigenvalue weighted by molar-refractivity contribution is 7.14. The van der Waals surface area contributed by atoms with Crippen molar-refractivity contribution in [2.75, 3.05) is 39.9 Å². The number of aromatic carboxylic acids is 1. The number of aliphatic hydroxyl groups excluding tert-OH is 1. The summed E-state index contributed by atoms with van der Waals surface area (Å²) >= 11 is 1.08. The van der Waals surface area contributed by atoms with Gasteiger partial charge in [0.15, 0.2) is 11.3 Å². The lowest BCUT2D eigenvalue weighted by Crippen LogP contribution is -2.50. The van der Waals surface area contributed by atoms with E-state index in [-0.39, 0.29) is 47.0 Å². The molecule has 4 heterocycles. The summed E-state index contributed by atoms with van der Waals surface area (Å²) in [7, 11) is 1.48. The van der Waals surface area contributed by atoms with Gasteiger partial charge in [0.05, 0.1) is 31.6 Å². The molecule has 1 fully saturated rings. The number of amides is 1. The van der Waals surface area contributed by atoms with Gasteiger partial charge in [0.25, 0.3) is 5.91 Å². The number of methoxy groups -OCH3 is 1. The summed E-state index contributed by atoms with van der Waals surface area (Å²) in [5.41, 5.74) is -0.885. The number of hydrogen-bond donors (Lipinski definition) is 2. The van der Waals surface area contributed by atoms with Gasteiger partial charge in [0.2, 0.25) is 0 Å². The molecule has 41 heavy (non-hydrogen) atoms. The van der Waals surface area contributed by atoms with Crippen molar-refractivity contribution in [3.05, 3.63) is 69.2 Å². The van der Waals surface area contributed by atoms with E-state index in [4.69, 9.17) is 4.74 Å². The van der Waals surface area contributed by atoms with Crippen molar-refractivity contribution < 1.29 is 37.7 Å². The molecule has 5 rings (SSSR count). The molecule has 0 spiro atoms. The predicted molar refractivity (Wildman–Crippen MR) is 143 cm³/mol. The Morgan fingerprint density at radius 2 is 1.78 bits per heavy atom. The molecule has 0 saturated carbocycles. The summed E-state index contributed by atoms with van der Waals surface area (Å²) in [6.07, 6.45) is -3.65. The highest BCUT2D eigenvalue weighted by atomic mass is 32.1. The Labute approximate surface area is 236 Å². The van der Waals surface area contributed by atoms with Gasteiger partial charge in [-0.1, -0.05) is 0 Å². The number of halogens is 3. The second kappa shape index (κ2) is 11.1. The molecule has 1 aliphatic heterocycles. The van der Waals surface area contributed by atoms with E-state index in [1.54, 1.807) is 30.3 Å². The van der Waals surface area contributed by atoms with Crippen LogP contribution in [0.1, 0.15) is 42.2 Å². The number of ether oxygens (including phenoxy) is 1. The van der Waals surface area contributed by atoms with Crippen LogP contribution >= 0.6 is 11.3 Å².